The van der Waals surface area contributed by atoms with E-state index < -0.39 is 0 Å². The van der Waals surface area contributed by atoms with Crippen LogP contribution in [0.25, 0.3) is 0 Å². The van der Waals surface area contributed by atoms with Crippen molar-refractivity contribution in [2.75, 3.05) is 10.6 Å². The van der Waals surface area contributed by atoms with E-state index in [9.17, 15) is 4.79 Å². The second-order valence-corrected chi connectivity index (χ2v) is 5.60. The summed E-state index contributed by atoms with van der Waals surface area (Å²) in [5.41, 5.74) is 2.91. The average molecular weight is 297 g/mol. The van der Waals surface area contributed by atoms with E-state index in [-0.39, 0.29) is 5.91 Å². The molecule has 4 nitrogen and oxygen atoms in total. The summed E-state index contributed by atoms with van der Waals surface area (Å²) in [7, 11) is 0. The number of pyridine rings is 1. The molecule has 116 valence electrons. The number of carbonyl (C=O) groups excluding carboxylic acids is 1. The van der Waals surface area contributed by atoms with Crippen molar-refractivity contribution in [1.29, 1.82) is 0 Å². The maximum absolute atomic E-state index is 12.0. The Morgan fingerprint density at radius 3 is 2.50 bits per heavy atom. The number of benzene rings is 1. The zero-order valence-electron chi connectivity index (χ0n) is 13.4. The van der Waals surface area contributed by atoms with E-state index in [1.807, 2.05) is 43.3 Å². The van der Waals surface area contributed by atoms with Crippen molar-refractivity contribution in [2.24, 2.45) is 0 Å². The number of hydrogen-bond acceptors (Lipinski definition) is 3. The third-order valence-corrected chi connectivity index (χ3v) is 3.54. The van der Waals surface area contributed by atoms with Crippen LogP contribution >= 0.6 is 0 Å². The van der Waals surface area contributed by atoms with Crippen LogP contribution in [0.5, 0.6) is 0 Å². The second kappa shape index (κ2) is 7.59. The fourth-order valence-corrected chi connectivity index (χ4v) is 2.00. The van der Waals surface area contributed by atoms with Gasteiger partial charge in [0.25, 0.3) is 0 Å². The van der Waals surface area contributed by atoms with E-state index in [4.69, 9.17) is 0 Å². The molecule has 1 atom stereocenters. The number of nitrogens with one attached hydrogen (secondary N) is 2. The molecule has 1 heterocycles. The first-order chi connectivity index (χ1) is 10.6. The summed E-state index contributed by atoms with van der Waals surface area (Å²) < 4.78 is 0. The van der Waals surface area contributed by atoms with Crippen molar-refractivity contribution in [3.05, 3.63) is 53.7 Å². The molecule has 0 fully saturated rings. The Morgan fingerprint density at radius 1 is 1.18 bits per heavy atom. The van der Waals surface area contributed by atoms with Crippen molar-refractivity contribution in [3.63, 3.8) is 0 Å². The van der Waals surface area contributed by atoms with Crippen molar-refractivity contribution in [2.45, 2.75) is 39.7 Å². The molecule has 0 saturated heterocycles. The van der Waals surface area contributed by atoms with Crippen LogP contribution in [0.1, 0.15) is 31.4 Å². The molecule has 1 amide bonds. The lowest BCUT2D eigenvalue weighted by Crippen LogP contribution is -2.16. The molecule has 0 spiro atoms. The number of carbonyl (C=O) groups is 1. The Morgan fingerprint density at radius 2 is 1.91 bits per heavy atom. The molecule has 0 aliphatic heterocycles. The summed E-state index contributed by atoms with van der Waals surface area (Å²) in [6.07, 6.45) is 3.08. The van der Waals surface area contributed by atoms with E-state index in [1.165, 1.54) is 5.56 Å². The molecule has 1 aromatic carbocycles. The zero-order chi connectivity index (χ0) is 15.9. The number of aromatic nitrogens is 1. The van der Waals surface area contributed by atoms with E-state index in [0.717, 1.165) is 17.8 Å². The van der Waals surface area contributed by atoms with Gasteiger partial charge in [0.2, 0.25) is 5.91 Å². The lowest BCUT2D eigenvalue weighted by Gasteiger charge is -2.12. The largest absolute Gasteiger partial charge is 0.368 e. The fraction of sp³-hybridized carbons (Fsp3) is 0.333. The zero-order valence-corrected chi connectivity index (χ0v) is 13.4. The van der Waals surface area contributed by atoms with Gasteiger partial charge in [-0.2, -0.15) is 0 Å². The maximum atomic E-state index is 12.0. The lowest BCUT2D eigenvalue weighted by molar-refractivity contribution is -0.115. The summed E-state index contributed by atoms with van der Waals surface area (Å²) in [5.74, 6) is 0.791. The topological polar surface area (TPSA) is 54.0 Å². The molecule has 1 aromatic heterocycles. The minimum Gasteiger partial charge on any atom is -0.368 e. The quantitative estimate of drug-likeness (QED) is 0.853. The van der Waals surface area contributed by atoms with Gasteiger partial charge in [-0.05, 0) is 38.0 Å². The number of aryl methyl sites for hydroxylation is 1. The lowest BCUT2D eigenvalue weighted by atomic mass is 10.1. The first-order valence-corrected chi connectivity index (χ1v) is 7.65. The van der Waals surface area contributed by atoms with Crippen molar-refractivity contribution in [3.8, 4) is 0 Å². The average Bonchev–Trinajstić information content (AvgIpc) is 2.51. The second-order valence-electron chi connectivity index (χ2n) is 5.60. The SMILES string of the molecule is CCC(C)Nc1ccc(NC(=O)Cc2ccc(C)cc2)cn1. The number of hydrogen-bond donors (Lipinski definition) is 2. The molecular weight excluding hydrogens is 274 g/mol. The molecule has 4 heteroatoms. The van der Waals surface area contributed by atoms with Gasteiger partial charge in [-0.3, -0.25) is 4.79 Å². The molecule has 22 heavy (non-hydrogen) atoms. The molecule has 0 saturated carbocycles. The van der Waals surface area contributed by atoms with Crippen molar-refractivity contribution < 1.29 is 4.79 Å². The van der Waals surface area contributed by atoms with Gasteiger partial charge < -0.3 is 10.6 Å². The van der Waals surface area contributed by atoms with Gasteiger partial charge in [-0.15, -0.1) is 0 Å². The molecule has 1 unspecified atom stereocenters. The van der Waals surface area contributed by atoms with E-state index >= 15 is 0 Å². The Balaban J connectivity index is 1.90. The highest BCUT2D eigenvalue weighted by molar-refractivity contribution is 5.92. The number of anilines is 2. The first kappa shape index (κ1) is 16.0. The van der Waals surface area contributed by atoms with Gasteiger partial charge in [0.1, 0.15) is 5.82 Å². The molecule has 0 aliphatic rings. The van der Waals surface area contributed by atoms with Gasteiger partial charge in [0.15, 0.2) is 0 Å². The minimum atomic E-state index is -0.0340. The summed E-state index contributed by atoms with van der Waals surface area (Å²) in [6, 6.07) is 12.1. The molecule has 0 radical (unpaired) electrons. The highest BCUT2D eigenvalue weighted by Crippen LogP contribution is 2.12. The van der Waals surface area contributed by atoms with Crippen molar-refractivity contribution >= 4 is 17.4 Å². The Hall–Kier alpha value is -2.36. The van der Waals surface area contributed by atoms with Crippen LogP contribution in [0.15, 0.2) is 42.6 Å². The van der Waals surface area contributed by atoms with Crippen LogP contribution < -0.4 is 10.6 Å². The molecule has 2 rings (SSSR count). The van der Waals surface area contributed by atoms with Crippen molar-refractivity contribution in [1.82, 2.24) is 4.98 Å². The summed E-state index contributed by atoms with van der Waals surface area (Å²) in [6.45, 7) is 6.26. The maximum Gasteiger partial charge on any atom is 0.228 e. The monoisotopic (exact) mass is 297 g/mol. The standard InChI is InChI=1S/C18H23N3O/c1-4-14(3)20-17-10-9-16(12-19-17)21-18(22)11-15-7-5-13(2)6-8-15/h5-10,12,14H,4,11H2,1-3H3,(H,19,20)(H,21,22). The highest BCUT2D eigenvalue weighted by Gasteiger charge is 2.05. The van der Waals surface area contributed by atoms with Gasteiger partial charge in [-0.1, -0.05) is 36.8 Å². The third-order valence-electron chi connectivity index (χ3n) is 3.54. The predicted octanol–water partition coefficient (Wildman–Crippen LogP) is 3.78. The van der Waals surface area contributed by atoms with Crippen LogP contribution in [-0.2, 0) is 11.2 Å². The molecule has 2 N–H and O–H groups in total. The number of nitrogens with zero attached hydrogens (tertiary/aromatic N) is 1. The van der Waals surface area contributed by atoms with Crippen LogP contribution in [0, 0.1) is 6.92 Å². The van der Waals surface area contributed by atoms with Gasteiger partial charge in [0, 0.05) is 6.04 Å². The van der Waals surface area contributed by atoms with Crippen LogP contribution in [0.3, 0.4) is 0 Å². The minimum absolute atomic E-state index is 0.0340. The normalized spacial score (nSPS) is 11.8. The molecule has 0 aliphatic carbocycles. The fourth-order valence-electron chi connectivity index (χ4n) is 2.00. The third kappa shape index (κ3) is 4.88. The Bertz CT molecular complexity index is 605. The Kier molecular flexibility index (Phi) is 5.53. The smallest absolute Gasteiger partial charge is 0.228 e. The number of amides is 1. The van der Waals surface area contributed by atoms with E-state index in [2.05, 4.69) is 29.5 Å². The predicted molar refractivity (Wildman–Crippen MR) is 91.1 cm³/mol. The van der Waals surface area contributed by atoms with E-state index in [0.29, 0.717) is 18.2 Å². The van der Waals surface area contributed by atoms with Crippen LogP contribution in [0.4, 0.5) is 11.5 Å². The number of rotatable bonds is 6. The summed E-state index contributed by atoms with van der Waals surface area (Å²) >= 11 is 0. The molecule has 0 bridgehead atoms. The molecule has 2 aromatic rings. The van der Waals surface area contributed by atoms with Gasteiger partial charge >= 0.3 is 0 Å². The highest BCUT2D eigenvalue weighted by atomic mass is 16.1. The van der Waals surface area contributed by atoms with Gasteiger partial charge in [0.05, 0.1) is 18.3 Å². The van der Waals surface area contributed by atoms with Crippen LogP contribution in [-0.4, -0.2) is 16.9 Å². The first-order valence-electron chi connectivity index (χ1n) is 7.65. The van der Waals surface area contributed by atoms with Crippen LogP contribution in [0.2, 0.25) is 0 Å². The van der Waals surface area contributed by atoms with Gasteiger partial charge in [-0.25, -0.2) is 4.98 Å². The summed E-state index contributed by atoms with van der Waals surface area (Å²) in [4.78, 5) is 16.3. The van der Waals surface area contributed by atoms with E-state index in [1.54, 1.807) is 6.20 Å². The molecular formula is C18H23N3O. The Labute approximate surface area is 132 Å². The summed E-state index contributed by atoms with van der Waals surface area (Å²) in [5, 5.41) is 6.16.